The predicted octanol–water partition coefficient (Wildman–Crippen LogP) is 5.56. The molecule has 6 heteroatoms. The highest BCUT2D eigenvalue weighted by atomic mass is 32.2. The Hall–Kier alpha value is -2.18. The van der Waals surface area contributed by atoms with E-state index in [-0.39, 0.29) is 12.5 Å². The summed E-state index contributed by atoms with van der Waals surface area (Å²) in [6.45, 7) is 4.54. The summed E-state index contributed by atoms with van der Waals surface area (Å²) < 4.78 is 29.3. The molecule has 1 N–H and O–H groups in total. The molecule has 0 spiro atoms. The fourth-order valence-electron chi connectivity index (χ4n) is 3.12. The number of hydrogen-bond donors (Lipinski definition) is 1. The molecule has 3 aromatic rings. The number of imidazole rings is 1. The van der Waals surface area contributed by atoms with Gasteiger partial charge in [0, 0.05) is 17.5 Å². The molecule has 0 saturated heterocycles. The fourth-order valence-corrected chi connectivity index (χ4v) is 4.38. The highest BCUT2D eigenvalue weighted by molar-refractivity contribution is 7.99. The summed E-state index contributed by atoms with van der Waals surface area (Å²) in [5.74, 6) is -0.505. The highest BCUT2D eigenvalue weighted by Crippen LogP contribution is 2.35. The number of aryl methyl sites for hydroxylation is 1. The zero-order chi connectivity index (χ0) is 20.1. The van der Waals surface area contributed by atoms with Crippen LogP contribution in [0.3, 0.4) is 0 Å². The molecule has 0 aliphatic carbocycles. The second-order valence-corrected chi connectivity index (χ2v) is 8.04. The van der Waals surface area contributed by atoms with E-state index in [1.807, 2.05) is 36.6 Å². The maximum atomic E-state index is 13.6. The Bertz CT molecular complexity index is 906. The molecule has 0 amide bonds. The molecule has 2 aromatic carbocycles. The molecule has 3 nitrogen and oxygen atoms in total. The Labute approximate surface area is 168 Å². The van der Waals surface area contributed by atoms with Gasteiger partial charge in [0.1, 0.15) is 29.1 Å². The van der Waals surface area contributed by atoms with Crippen LogP contribution < -0.4 is 0 Å². The molecule has 0 saturated carbocycles. The minimum atomic E-state index is -0.605. The van der Waals surface area contributed by atoms with E-state index in [0.29, 0.717) is 17.3 Å². The minimum absolute atomic E-state index is 0.126. The van der Waals surface area contributed by atoms with E-state index >= 15 is 0 Å². The molecular weight excluding hydrogens is 378 g/mol. The van der Waals surface area contributed by atoms with Crippen molar-refractivity contribution in [1.82, 2.24) is 9.55 Å². The van der Waals surface area contributed by atoms with Gasteiger partial charge in [-0.2, -0.15) is 0 Å². The maximum Gasteiger partial charge on any atom is 0.135 e. The van der Waals surface area contributed by atoms with E-state index in [9.17, 15) is 13.9 Å². The van der Waals surface area contributed by atoms with E-state index < -0.39 is 11.6 Å². The molecule has 0 aliphatic heterocycles. The number of aliphatic hydroxyl groups excluding tert-OH is 1. The Morgan fingerprint density at radius 2 is 1.75 bits per heavy atom. The molecule has 0 atom stereocenters. The van der Waals surface area contributed by atoms with E-state index in [1.165, 1.54) is 29.5 Å². The molecule has 0 unspecified atom stereocenters. The van der Waals surface area contributed by atoms with Crippen LogP contribution in [0.5, 0.6) is 0 Å². The average molecular weight is 403 g/mol. The SMILES string of the molecule is CC(C)c1nc(CO)n(CCCc2ccccc2)c1Sc1cc(F)cc(F)c1. The van der Waals surface area contributed by atoms with E-state index in [1.54, 1.807) is 0 Å². The summed E-state index contributed by atoms with van der Waals surface area (Å²) in [6, 6.07) is 13.7. The van der Waals surface area contributed by atoms with E-state index in [0.717, 1.165) is 29.6 Å². The number of rotatable bonds is 8. The second-order valence-electron chi connectivity index (χ2n) is 6.98. The zero-order valence-corrected chi connectivity index (χ0v) is 16.8. The van der Waals surface area contributed by atoms with Gasteiger partial charge in [-0.3, -0.25) is 0 Å². The van der Waals surface area contributed by atoms with Crippen LogP contribution in [0.1, 0.15) is 43.3 Å². The van der Waals surface area contributed by atoms with Gasteiger partial charge < -0.3 is 9.67 Å². The first-order valence-corrected chi connectivity index (χ1v) is 10.2. The van der Waals surface area contributed by atoms with Gasteiger partial charge in [-0.25, -0.2) is 13.8 Å². The van der Waals surface area contributed by atoms with Crippen LogP contribution in [0.4, 0.5) is 8.78 Å². The Balaban J connectivity index is 1.88. The van der Waals surface area contributed by atoms with Gasteiger partial charge in [0.15, 0.2) is 0 Å². The standard InChI is InChI=1S/C22H24F2N2OS/c1-15(2)21-22(28-19-12-17(23)11-18(24)13-19)26(20(14-27)25-21)10-6-9-16-7-4-3-5-8-16/h3-5,7-8,11-13,15,27H,6,9-10,14H2,1-2H3. The summed E-state index contributed by atoms with van der Waals surface area (Å²) >= 11 is 1.29. The highest BCUT2D eigenvalue weighted by Gasteiger charge is 2.20. The molecule has 0 fully saturated rings. The molecule has 0 radical (unpaired) electrons. The summed E-state index contributed by atoms with van der Waals surface area (Å²) in [5, 5.41) is 10.6. The zero-order valence-electron chi connectivity index (χ0n) is 16.0. The summed E-state index contributed by atoms with van der Waals surface area (Å²) in [6.07, 6.45) is 1.77. The average Bonchev–Trinajstić information content (AvgIpc) is 2.99. The molecule has 0 aliphatic rings. The number of halogens is 2. The third-order valence-corrected chi connectivity index (χ3v) is 5.55. The molecule has 1 heterocycles. The van der Waals surface area contributed by atoms with Crippen molar-refractivity contribution in [3.05, 3.63) is 77.2 Å². The number of nitrogens with zero attached hydrogens (tertiary/aromatic N) is 2. The summed E-state index contributed by atoms with van der Waals surface area (Å²) in [5.41, 5.74) is 2.08. The van der Waals surface area contributed by atoms with Gasteiger partial charge in [-0.05, 0) is 36.5 Å². The number of aliphatic hydroxyl groups is 1. The summed E-state index contributed by atoms with van der Waals surface area (Å²) in [4.78, 5) is 5.08. The number of aromatic nitrogens is 2. The maximum absolute atomic E-state index is 13.6. The fraction of sp³-hybridized carbons (Fsp3) is 0.318. The van der Waals surface area contributed by atoms with Gasteiger partial charge in [0.25, 0.3) is 0 Å². The van der Waals surface area contributed by atoms with Crippen molar-refractivity contribution in [3.63, 3.8) is 0 Å². The van der Waals surface area contributed by atoms with Crippen molar-refractivity contribution < 1.29 is 13.9 Å². The summed E-state index contributed by atoms with van der Waals surface area (Å²) in [7, 11) is 0. The first kappa shape index (κ1) is 20.6. The minimum Gasteiger partial charge on any atom is -0.388 e. The topological polar surface area (TPSA) is 38.1 Å². The Kier molecular flexibility index (Phi) is 6.86. The molecule has 0 bridgehead atoms. The quantitative estimate of drug-likeness (QED) is 0.536. The molecule has 28 heavy (non-hydrogen) atoms. The van der Waals surface area contributed by atoms with Crippen molar-refractivity contribution in [2.24, 2.45) is 0 Å². The lowest BCUT2D eigenvalue weighted by Crippen LogP contribution is -2.06. The monoisotopic (exact) mass is 402 g/mol. The molecule has 1 aromatic heterocycles. The predicted molar refractivity (Wildman–Crippen MR) is 107 cm³/mol. The van der Waals surface area contributed by atoms with Crippen molar-refractivity contribution in [2.45, 2.75) is 55.7 Å². The number of hydrogen-bond acceptors (Lipinski definition) is 3. The lowest BCUT2D eigenvalue weighted by atomic mass is 10.1. The molecule has 148 valence electrons. The van der Waals surface area contributed by atoms with Crippen molar-refractivity contribution in [3.8, 4) is 0 Å². The lowest BCUT2D eigenvalue weighted by molar-refractivity contribution is 0.263. The lowest BCUT2D eigenvalue weighted by Gasteiger charge is -2.13. The smallest absolute Gasteiger partial charge is 0.135 e. The van der Waals surface area contributed by atoms with E-state index in [4.69, 9.17) is 0 Å². The van der Waals surface area contributed by atoms with Crippen molar-refractivity contribution >= 4 is 11.8 Å². The van der Waals surface area contributed by atoms with Crippen LogP contribution in [0, 0.1) is 11.6 Å². The van der Waals surface area contributed by atoms with Crippen LogP contribution in [0.2, 0.25) is 0 Å². The largest absolute Gasteiger partial charge is 0.388 e. The van der Waals surface area contributed by atoms with Gasteiger partial charge in [-0.15, -0.1) is 0 Å². The van der Waals surface area contributed by atoms with Crippen molar-refractivity contribution in [2.75, 3.05) is 0 Å². The van der Waals surface area contributed by atoms with Crippen LogP contribution in [0.25, 0.3) is 0 Å². The van der Waals surface area contributed by atoms with Gasteiger partial charge >= 0.3 is 0 Å². The van der Waals surface area contributed by atoms with Crippen molar-refractivity contribution in [1.29, 1.82) is 0 Å². The van der Waals surface area contributed by atoms with E-state index in [2.05, 4.69) is 17.1 Å². The molecular formula is C22H24F2N2OS. The van der Waals surface area contributed by atoms with Crippen LogP contribution in [-0.4, -0.2) is 14.7 Å². The van der Waals surface area contributed by atoms with Gasteiger partial charge in [0.2, 0.25) is 0 Å². The van der Waals surface area contributed by atoms with Crippen LogP contribution in [-0.2, 0) is 19.6 Å². The molecule has 3 rings (SSSR count). The Morgan fingerprint density at radius 1 is 1.07 bits per heavy atom. The van der Waals surface area contributed by atoms with Crippen LogP contribution in [0.15, 0.2) is 58.5 Å². The Morgan fingerprint density at radius 3 is 2.36 bits per heavy atom. The normalized spacial score (nSPS) is 11.4. The third-order valence-electron chi connectivity index (χ3n) is 4.45. The van der Waals surface area contributed by atoms with Gasteiger partial charge in [-0.1, -0.05) is 55.9 Å². The van der Waals surface area contributed by atoms with Crippen LogP contribution >= 0.6 is 11.8 Å². The first-order chi connectivity index (χ1) is 13.5. The third kappa shape index (κ3) is 5.00. The van der Waals surface area contributed by atoms with Gasteiger partial charge in [0.05, 0.1) is 5.69 Å². The first-order valence-electron chi connectivity index (χ1n) is 9.36. The second kappa shape index (κ2) is 9.34. The number of benzene rings is 2.